The lowest BCUT2D eigenvalue weighted by molar-refractivity contribution is -0.137. The Morgan fingerprint density at radius 2 is 1.83 bits per heavy atom. The van der Waals surface area contributed by atoms with Gasteiger partial charge in [0.1, 0.15) is 4.88 Å². The molecule has 0 saturated carbocycles. The summed E-state index contributed by atoms with van der Waals surface area (Å²) in [5.74, 6) is -0.00286. The normalized spacial score (nSPS) is 11.7. The van der Waals surface area contributed by atoms with Crippen LogP contribution in [0.3, 0.4) is 0 Å². The van der Waals surface area contributed by atoms with Crippen LogP contribution in [0.5, 0.6) is 0 Å². The van der Waals surface area contributed by atoms with Gasteiger partial charge in [0.2, 0.25) is 0 Å². The summed E-state index contributed by atoms with van der Waals surface area (Å²) in [7, 11) is 0. The van der Waals surface area contributed by atoms with Crippen molar-refractivity contribution >= 4 is 45.6 Å². The molecule has 2 aromatic carbocycles. The molecule has 2 aromatic heterocycles. The first kappa shape index (κ1) is 19.5. The zero-order chi connectivity index (χ0) is 20.6. The molecule has 9 heteroatoms. The molecule has 0 aliphatic heterocycles. The summed E-state index contributed by atoms with van der Waals surface area (Å²) in [4.78, 5) is 12.9. The zero-order valence-corrected chi connectivity index (χ0v) is 16.3. The number of amides is 1. The van der Waals surface area contributed by atoms with E-state index in [0.717, 1.165) is 23.0 Å². The lowest BCUT2D eigenvalue weighted by Gasteiger charge is -2.08. The minimum atomic E-state index is -4.38. The highest BCUT2D eigenvalue weighted by atomic mass is 35.5. The molecule has 0 spiro atoms. The maximum Gasteiger partial charge on any atom is 0.416 e. The van der Waals surface area contributed by atoms with Crippen molar-refractivity contribution in [2.24, 2.45) is 0 Å². The first-order chi connectivity index (χ1) is 13.8. The van der Waals surface area contributed by atoms with E-state index in [2.05, 4.69) is 10.4 Å². The number of carbonyl (C=O) groups excluding carboxylic acids is 1. The highest BCUT2D eigenvalue weighted by Crippen LogP contribution is 2.30. The summed E-state index contributed by atoms with van der Waals surface area (Å²) >= 11 is 7.24. The molecular weight excluding hydrogens is 423 g/mol. The fourth-order valence-electron chi connectivity index (χ4n) is 2.93. The Hall–Kier alpha value is -2.84. The molecule has 148 valence electrons. The molecule has 2 heterocycles. The maximum atomic E-state index is 12.8. The number of rotatable bonds is 4. The third-order valence-electron chi connectivity index (χ3n) is 4.33. The molecule has 1 N–H and O–H groups in total. The predicted molar refractivity (Wildman–Crippen MR) is 108 cm³/mol. The monoisotopic (exact) mass is 435 g/mol. The quantitative estimate of drug-likeness (QED) is 0.423. The van der Waals surface area contributed by atoms with E-state index in [1.54, 1.807) is 16.1 Å². The van der Waals surface area contributed by atoms with Crippen LogP contribution in [-0.4, -0.2) is 15.7 Å². The van der Waals surface area contributed by atoms with Gasteiger partial charge in [-0.15, -0.1) is 11.3 Å². The lowest BCUT2D eigenvalue weighted by atomic mass is 10.1. The molecule has 29 heavy (non-hydrogen) atoms. The summed E-state index contributed by atoms with van der Waals surface area (Å²) in [5.41, 5.74) is 0.706. The van der Waals surface area contributed by atoms with Crippen molar-refractivity contribution in [2.45, 2.75) is 12.7 Å². The van der Waals surface area contributed by atoms with Crippen LogP contribution in [0.1, 0.15) is 20.8 Å². The first-order valence-electron chi connectivity index (χ1n) is 8.49. The van der Waals surface area contributed by atoms with Crippen LogP contribution in [-0.2, 0) is 12.7 Å². The van der Waals surface area contributed by atoms with Gasteiger partial charge in [0.15, 0.2) is 5.82 Å². The van der Waals surface area contributed by atoms with Gasteiger partial charge >= 0.3 is 6.18 Å². The van der Waals surface area contributed by atoms with Crippen molar-refractivity contribution in [2.75, 3.05) is 5.32 Å². The van der Waals surface area contributed by atoms with Gasteiger partial charge < -0.3 is 5.32 Å². The molecule has 0 saturated heterocycles. The zero-order valence-electron chi connectivity index (χ0n) is 14.7. The van der Waals surface area contributed by atoms with E-state index in [4.69, 9.17) is 11.6 Å². The van der Waals surface area contributed by atoms with Gasteiger partial charge in [-0.25, -0.2) is 0 Å². The van der Waals surface area contributed by atoms with Crippen molar-refractivity contribution in [3.63, 3.8) is 0 Å². The predicted octanol–water partition coefficient (Wildman–Crippen LogP) is 6.07. The van der Waals surface area contributed by atoms with Crippen LogP contribution in [0.25, 0.3) is 10.9 Å². The molecule has 4 nitrogen and oxygen atoms in total. The van der Waals surface area contributed by atoms with E-state index >= 15 is 0 Å². The summed E-state index contributed by atoms with van der Waals surface area (Å²) in [6.07, 6.45) is -4.38. The second-order valence-electron chi connectivity index (χ2n) is 6.27. The number of nitrogens with zero attached hydrogens (tertiary/aromatic N) is 2. The van der Waals surface area contributed by atoms with Crippen molar-refractivity contribution in [3.05, 3.63) is 81.0 Å². The number of halogens is 4. The topological polar surface area (TPSA) is 46.9 Å². The van der Waals surface area contributed by atoms with Crippen molar-refractivity contribution < 1.29 is 18.0 Å². The second-order valence-corrected chi connectivity index (χ2v) is 7.59. The van der Waals surface area contributed by atoms with E-state index in [9.17, 15) is 18.0 Å². The Labute approximate surface area is 172 Å². The highest BCUT2D eigenvalue weighted by Gasteiger charge is 2.30. The van der Waals surface area contributed by atoms with E-state index in [1.807, 2.05) is 24.3 Å². The number of alkyl halides is 3. The average molecular weight is 436 g/mol. The molecule has 4 rings (SSSR count). The number of thiophene rings is 1. The number of carbonyl (C=O) groups is 1. The van der Waals surface area contributed by atoms with Gasteiger partial charge in [0.25, 0.3) is 5.91 Å². The molecule has 0 aliphatic rings. The standard InChI is InChI=1S/C20H13ClF3N3OS/c21-15-9-10-29-17(15)19(28)25-18-14-3-1-2-4-16(14)27(26-18)11-12-5-7-13(8-6-12)20(22,23)24/h1-10H,11H2,(H,25,26,28). The van der Waals surface area contributed by atoms with Gasteiger partial charge in [0.05, 0.1) is 22.6 Å². The summed E-state index contributed by atoms with van der Waals surface area (Å²) < 4.78 is 39.9. The first-order valence-corrected chi connectivity index (χ1v) is 9.75. The van der Waals surface area contributed by atoms with Crippen LogP contribution in [0.4, 0.5) is 19.0 Å². The smallest absolute Gasteiger partial charge is 0.304 e. The van der Waals surface area contributed by atoms with E-state index in [0.29, 0.717) is 21.3 Å². The Bertz CT molecular complexity index is 1180. The van der Waals surface area contributed by atoms with Crippen molar-refractivity contribution in [1.82, 2.24) is 9.78 Å². The Kier molecular flexibility index (Phi) is 5.06. The molecular formula is C20H13ClF3N3OS. The Balaban J connectivity index is 1.64. The van der Waals surface area contributed by atoms with E-state index in [-0.39, 0.29) is 12.5 Å². The number of aromatic nitrogens is 2. The van der Waals surface area contributed by atoms with Crippen molar-refractivity contribution in [3.8, 4) is 0 Å². The van der Waals surface area contributed by atoms with E-state index < -0.39 is 11.7 Å². The molecule has 1 amide bonds. The number of benzene rings is 2. The third kappa shape index (κ3) is 3.99. The second kappa shape index (κ2) is 7.53. The number of para-hydroxylation sites is 1. The molecule has 0 unspecified atom stereocenters. The minimum Gasteiger partial charge on any atom is -0.304 e. The molecule has 0 atom stereocenters. The van der Waals surface area contributed by atoms with Crippen LogP contribution < -0.4 is 5.32 Å². The van der Waals surface area contributed by atoms with E-state index in [1.165, 1.54) is 23.5 Å². The van der Waals surface area contributed by atoms with Crippen LogP contribution >= 0.6 is 22.9 Å². The molecule has 0 radical (unpaired) electrons. The fraction of sp³-hybridized carbons (Fsp3) is 0.100. The maximum absolute atomic E-state index is 12.8. The van der Waals surface area contributed by atoms with Crippen LogP contribution in [0, 0.1) is 0 Å². The van der Waals surface area contributed by atoms with Gasteiger partial charge in [-0.05, 0) is 41.3 Å². The van der Waals surface area contributed by atoms with Crippen LogP contribution in [0.15, 0.2) is 60.0 Å². The molecule has 0 fully saturated rings. The fourth-order valence-corrected chi connectivity index (χ4v) is 3.97. The number of hydrogen-bond donors (Lipinski definition) is 1. The number of nitrogens with one attached hydrogen (secondary N) is 1. The Morgan fingerprint density at radius 3 is 2.48 bits per heavy atom. The summed E-state index contributed by atoms with van der Waals surface area (Å²) in [6, 6.07) is 13.9. The van der Waals surface area contributed by atoms with Crippen molar-refractivity contribution in [1.29, 1.82) is 0 Å². The van der Waals surface area contributed by atoms with Gasteiger partial charge in [-0.1, -0.05) is 35.9 Å². The Morgan fingerprint density at radius 1 is 1.10 bits per heavy atom. The molecule has 4 aromatic rings. The number of anilines is 1. The number of fused-ring (bicyclic) bond motifs is 1. The lowest BCUT2D eigenvalue weighted by Crippen LogP contribution is -2.12. The highest BCUT2D eigenvalue weighted by molar-refractivity contribution is 7.12. The van der Waals surface area contributed by atoms with Gasteiger partial charge in [-0.2, -0.15) is 18.3 Å². The largest absolute Gasteiger partial charge is 0.416 e. The average Bonchev–Trinajstić information content (AvgIpc) is 3.26. The summed E-state index contributed by atoms with van der Waals surface area (Å²) in [5, 5.41) is 10.0. The minimum absolute atomic E-state index is 0.258. The van der Waals surface area contributed by atoms with Gasteiger partial charge in [-0.3, -0.25) is 9.48 Å². The SMILES string of the molecule is O=C(Nc1nn(Cc2ccc(C(F)(F)F)cc2)c2ccccc12)c1sccc1Cl. The van der Waals surface area contributed by atoms with Crippen LogP contribution in [0.2, 0.25) is 5.02 Å². The number of hydrogen-bond acceptors (Lipinski definition) is 3. The van der Waals surface area contributed by atoms with Gasteiger partial charge in [0, 0.05) is 5.39 Å². The molecule has 0 bridgehead atoms. The summed E-state index contributed by atoms with van der Waals surface area (Å²) in [6.45, 7) is 0.258. The molecule has 0 aliphatic carbocycles. The third-order valence-corrected chi connectivity index (χ3v) is 5.67.